The monoisotopic (exact) mass is 289 g/mol. The maximum absolute atomic E-state index is 14.1. The minimum absolute atomic E-state index is 0.147. The largest absolute Gasteiger partial charge is 0.313 e. The summed E-state index contributed by atoms with van der Waals surface area (Å²) in [6, 6.07) is 13.6. The van der Waals surface area contributed by atoms with E-state index in [0.29, 0.717) is 4.90 Å². The van der Waals surface area contributed by atoms with Crippen molar-refractivity contribution in [2.24, 2.45) is 0 Å². The van der Waals surface area contributed by atoms with Gasteiger partial charge < -0.3 is 5.32 Å². The van der Waals surface area contributed by atoms with Crippen molar-refractivity contribution in [3.05, 3.63) is 59.4 Å². The molecule has 0 bridgehead atoms. The van der Waals surface area contributed by atoms with E-state index in [4.69, 9.17) is 0 Å². The normalized spacial score (nSPS) is 10.8. The number of halogens is 1. The molecule has 2 aromatic carbocycles. The topological polar surface area (TPSA) is 12.0 Å². The lowest BCUT2D eigenvalue weighted by Gasteiger charge is -2.07. The number of rotatable bonds is 6. The molecule has 2 rings (SSSR count). The molecule has 3 heteroatoms. The van der Waals surface area contributed by atoms with Gasteiger partial charge in [-0.15, -0.1) is 0 Å². The van der Waals surface area contributed by atoms with Crippen molar-refractivity contribution in [3.8, 4) is 0 Å². The van der Waals surface area contributed by atoms with Gasteiger partial charge in [0.1, 0.15) is 5.82 Å². The number of aryl methyl sites for hydroxylation is 1. The number of nitrogens with one attached hydrogen (secondary N) is 1. The van der Waals surface area contributed by atoms with Crippen LogP contribution in [-0.2, 0) is 6.54 Å². The molecule has 0 aliphatic heterocycles. The molecular weight excluding hydrogens is 269 g/mol. The van der Waals surface area contributed by atoms with Crippen LogP contribution in [0.15, 0.2) is 52.3 Å². The Morgan fingerprint density at radius 2 is 1.85 bits per heavy atom. The number of hydrogen-bond acceptors (Lipinski definition) is 2. The molecule has 0 radical (unpaired) electrons. The van der Waals surface area contributed by atoms with E-state index < -0.39 is 0 Å². The SMILES string of the molecule is CCCNCc1ccc(Sc2ccc(C)cc2)c(F)c1. The molecule has 106 valence electrons. The molecule has 0 atom stereocenters. The van der Waals surface area contributed by atoms with Gasteiger partial charge in [-0.3, -0.25) is 0 Å². The van der Waals surface area contributed by atoms with E-state index in [1.165, 1.54) is 17.3 Å². The van der Waals surface area contributed by atoms with Gasteiger partial charge in [0.05, 0.1) is 0 Å². The second kappa shape index (κ2) is 7.46. The molecule has 0 saturated heterocycles. The van der Waals surface area contributed by atoms with Crippen LogP contribution < -0.4 is 5.32 Å². The summed E-state index contributed by atoms with van der Waals surface area (Å²) in [6.07, 6.45) is 1.09. The molecule has 1 N–H and O–H groups in total. The van der Waals surface area contributed by atoms with E-state index in [9.17, 15) is 4.39 Å². The zero-order chi connectivity index (χ0) is 14.4. The first kappa shape index (κ1) is 15.1. The lowest BCUT2D eigenvalue weighted by molar-refractivity contribution is 0.595. The molecule has 20 heavy (non-hydrogen) atoms. The fourth-order valence-electron chi connectivity index (χ4n) is 1.88. The molecule has 0 aliphatic carbocycles. The summed E-state index contributed by atoms with van der Waals surface area (Å²) >= 11 is 1.46. The van der Waals surface area contributed by atoms with Crippen LogP contribution in [0.3, 0.4) is 0 Å². The highest BCUT2D eigenvalue weighted by molar-refractivity contribution is 7.99. The van der Waals surface area contributed by atoms with Crippen LogP contribution in [0, 0.1) is 12.7 Å². The van der Waals surface area contributed by atoms with Gasteiger partial charge in [-0.2, -0.15) is 0 Å². The average molecular weight is 289 g/mol. The minimum atomic E-state index is -0.147. The minimum Gasteiger partial charge on any atom is -0.313 e. The van der Waals surface area contributed by atoms with E-state index in [0.717, 1.165) is 30.0 Å². The third kappa shape index (κ3) is 4.36. The zero-order valence-corrected chi connectivity index (χ0v) is 12.8. The van der Waals surface area contributed by atoms with Gasteiger partial charge in [0.15, 0.2) is 0 Å². The maximum Gasteiger partial charge on any atom is 0.137 e. The van der Waals surface area contributed by atoms with Crippen molar-refractivity contribution < 1.29 is 4.39 Å². The summed E-state index contributed by atoms with van der Waals surface area (Å²) in [5.41, 5.74) is 2.20. The van der Waals surface area contributed by atoms with E-state index in [1.54, 1.807) is 6.07 Å². The lowest BCUT2D eigenvalue weighted by Crippen LogP contribution is -2.13. The summed E-state index contributed by atoms with van der Waals surface area (Å²) in [5.74, 6) is -0.147. The van der Waals surface area contributed by atoms with Gasteiger partial charge in [-0.1, -0.05) is 42.4 Å². The fourth-order valence-corrected chi connectivity index (χ4v) is 2.70. The first-order valence-electron chi connectivity index (χ1n) is 6.92. The Balaban J connectivity index is 2.03. The predicted octanol–water partition coefficient (Wildman–Crippen LogP) is 4.78. The molecule has 0 heterocycles. The quantitative estimate of drug-likeness (QED) is 0.768. The van der Waals surface area contributed by atoms with Gasteiger partial charge in [0.2, 0.25) is 0 Å². The highest BCUT2D eigenvalue weighted by Gasteiger charge is 2.05. The van der Waals surface area contributed by atoms with Crippen LogP contribution in [0.2, 0.25) is 0 Å². The van der Waals surface area contributed by atoms with Crippen molar-refractivity contribution >= 4 is 11.8 Å². The smallest absolute Gasteiger partial charge is 0.137 e. The van der Waals surface area contributed by atoms with Gasteiger partial charge in [0, 0.05) is 16.3 Å². The van der Waals surface area contributed by atoms with Crippen molar-refractivity contribution in [2.75, 3.05) is 6.54 Å². The van der Waals surface area contributed by atoms with Gasteiger partial charge in [-0.25, -0.2) is 4.39 Å². The third-order valence-electron chi connectivity index (χ3n) is 3.00. The van der Waals surface area contributed by atoms with Crippen LogP contribution in [-0.4, -0.2) is 6.54 Å². The second-order valence-electron chi connectivity index (χ2n) is 4.86. The summed E-state index contributed by atoms with van der Waals surface area (Å²) in [5, 5.41) is 3.28. The van der Waals surface area contributed by atoms with Gasteiger partial charge >= 0.3 is 0 Å². The third-order valence-corrected chi connectivity index (χ3v) is 4.06. The van der Waals surface area contributed by atoms with Gasteiger partial charge in [-0.05, 0) is 49.7 Å². The molecule has 1 nitrogen and oxygen atoms in total. The molecule has 0 amide bonds. The zero-order valence-electron chi connectivity index (χ0n) is 11.9. The molecule has 0 spiro atoms. The Morgan fingerprint density at radius 3 is 2.50 bits per heavy atom. The van der Waals surface area contributed by atoms with Crippen LogP contribution >= 0.6 is 11.8 Å². The Morgan fingerprint density at radius 1 is 1.10 bits per heavy atom. The van der Waals surface area contributed by atoms with Crippen molar-refractivity contribution in [1.82, 2.24) is 5.32 Å². The molecule has 0 aromatic heterocycles. The van der Waals surface area contributed by atoms with Crippen LogP contribution in [0.4, 0.5) is 4.39 Å². The molecule has 0 fully saturated rings. The highest BCUT2D eigenvalue weighted by Crippen LogP contribution is 2.30. The molecule has 0 saturated carbocycles. The summed E-state index contributed by atoms with van der Waals surface area (Å²) in [7, 11) is 0. The van der Waals surface area contributed by atoms with E-state index >= 15 is 0 Å². The predicted molar refractivity (Wildman–Crippen MR) is 83.7 cm³/mol. The van der Waals surface area contributed by atoms with Crippen molar-refractivity contribution in [2.45, 2.75) is 36.6 Å². The van der Waals surface area contributed by atoms with Gasteiger partial charge in [0.25, 0.3) is 0 Å². The summed E-state index contributed by atoms with van der Waals surface area (Å²) in [4.78, 5) is 1.74. The second-order valence-corrected chi connectivity index (χ2v) is 5.97. The first-order chi connectivity index (χ1) is 9.69. The van der Waals surface area contributed by atoms with Crippen molar-refractivity contribution in [3.63, 3.8) is 0 Å². The Kier molecular flexibility index (Phi) is 5.62. The molecular formula is C17H20FNS. The number of hydrogen-bond donors (Lipinski definition) is 1. The number of benzene rings is 2. The van der Waals surface area contributed by atoms with E-state index in [2.05, 4.69) is 12.2 Å². The fraction of sp³-hybridized carbons (Fsp3) is 0.294. The first-order valence-corrected chi connectivity index (χ1v) is 7.74. The maximum atomic E-state index is 14.1. The average Bonchev–Trinajstić information content (AvgIpc) is 2.44. The molecule has 0 unspecified atom stereocenters. The van der Waals surface area contributed by atoms with Crippen LogP contribution in [0.5, 0.6) is 0 Å². The summed E-state index contributed by atoms with van der Waals surface area (Å²) in [6.45, 7) is 5.85. The summed E-state index contributed by atoms with van der Waals surface area (Å²) < 4.78 is 14.1. The Hall–Kier alpha value is -1.32. The van der Waals surface area contributed by atoms with Crippen LogP contribution in [0.25, 0.3) is 0 Å². The van der Waals surface area contributed by atoms with Crippen molar-refractivity contribution in [1.29, 1.82) is 0 Å². The lowest BCUT2D eigenvalue weighted by atomic mass is 10.2. The Bertz CT molecular complexity index is 551. The van der Waals surface area contributed by atoms with E-state index in [-0.39, 0.29) is 5.82 Å². The Labute approximate surface area is 124 Å². The van der Waals surface area contributed by atoms with E-state index in [1.807, 2.05) is 43.3 Å². The molecule has 2 aromatic rings. The highest BCUT2D eigenvalue weighted by atomic mass is 32.2. The standard InChI is InChI=1S/C17H20FNS/c1-3-10-19-12-14-6-9-17(16(18)11-14)20-15-7-4-13(2)5-8-15/h4-9,11,19H,3,10,12H2,1-2H3. The van der Waals surface area contributed by atoms with Crippen LogP contribution in [0.1, 0.15) is 24.5 Å². The molecule has 0 aliphatic rings.